The normalized spacial score (nSPS) is 17.8. The number of hydrazone groups is 1. The van der Waals surface area contributed by atoms with Crippen LogP contribution in [0.3, 0.4) is 0 Å². The number of hydrogen-bond acceptors (Lipinski definition) is 7. The van der Waals surface area contributed by atoms with Crippen molar-refractivity contribution in [3.8, 4) is 11.8 Å². The summed E-state index contributed by atoms with van der Waals surface area (Å²) in [7, 11) is 0. The first-order valence-corrected chi connectivity index (χ1v) is 11.9. The molecule has 0 bridgehead atoms. The number of nitrogens with one attached hydrogen (secondary N) is 1. The average Bonchev–Trinajstić information content (AvgIpc) is 3.37. The summed E-state index contributed by atoms with van der Waals surface area (Å²) in [5.41, 5.74) is 4.95. The molecule has 3 aromatic rings. The second kappa shape index (κ2) is 10.2. The average molecular weight is 482 g/mol. The zero-order valence-electron chi connectivity index (χ0n) is 20.2. The molecule has 1 fully saturated rings. The summed E-state index contributed by atoms with van der Waals surface area (Å²) < 4.78 is 11.3. The number of carbonyl (C=O) groups is 1. The number of aryl methyl sites for hydroxylation is 1. The van der Waals surface area contributed by atoms with Crippen LogP contribution < -0.4 is 15.1 Å². The number of nitrogens with zero attached hydrogens (tertiary/aromatic N) is 4. The molecule has 3 heterocycles. The summed E-state index contributed by atoms with van der Waals surface area (Å²) in [6.07, 6.45) is 5.55. The Hall–Kier alpha value is -4.22. The number of nitriles is 1. The zero-order valence-corrected chi connectivity index (χ0v) is 20.2. The fourth-order valence-electron chi connectivity index (χ4n) is 4.21. The van der Waals surface area contributed by atoms with E-state index >= 15 is 0 Å². The third kappa shape index (κ3) is 4.92. The van der Waals surface area contributed by atoms with Gasteiger partial charge in [-0.1, -0.05) is 18.2 Å². The van der Waals surface area contributed by atoms with Crippen molar-refractivity contribution < 1.29 is 14.3 Å². The van der Waals surface area contributed by atoms with E-state index in [0.717, 1.165) is 28.1 Å². The molecule has 8 heteroatoms. The van der Waals surface area contributed by atoms with Gasteiger partial charge in [-0.05, 0) is 55.3 Å². The van der Waals surface area contributed by atoms with Crippen LogP contribution in [-0.4, -0.2) is 43.0 Å². The number of ether oxygens (including phenoxy) is 2. The highest BCUT2D eigenvalue weighted by Crippen LogP contribution is 2.34. The second-order valence-corrected chi connectivity index (χ2v) is 9.08. The minimum atomic E-state index is -0.280. The van der Waals surface area contributed by atoms with Crippen LogP contribution in [0.1, 0.15) is 45.8 Å². The Morgan fingerprint density at radius 2 is 2.11 bits per heavy atom. The zero-order chi connectivity index (χ0) is 25.1. The fourth-order valence-corrected chi connectivity index (χ4v) is 4.21. The van der Waals surface area contributed by atoms with Gasteiger partial charge in [0.15, 0.2) is 0 Å². The largest absolute Gasteiger partial charge is 0.485 e. The van der Waals surface area contributed by atoms with E-state index in [1.54, 1.807) is 24.4 Å². The van der Waals surface area contributed by atoms with Crippen LogP contribution in [0.2, 0.25) is 0 Å². The molecule has 5 rings (SSSR count). The topological polar surface area (TPSA) is 99.8 Å². The van der Waals surface area contributed by atoms with Gasteiger partial charge in [0.2, 0.25) is 0 Å². The quantitative estimate of drug-likeness (QED) is 0.528. The Morgan fingerprint density at radius 3 is 2.89 bits per heavy atom. The van der Waals surface area contributed by atoms with Gasteiger partial charge >= 0.3 is 0 Å². The van der Waals surface area contributed by atoms with Crippen LogP contribution >= 0.6 is 0 Å². The van der Waals surface area contributed by atoms with Crippen molar-refractivity contribution in [2.75, 3.05) is 30.1 Å². The molecular formula is C28H27N5O3. The maximum absolute atomic E-state index is 12.9. The summed E-state index contributed by atoms with van der Waals surface area (Å²) in [4.78, 5) is 17.2. The second-order valence-electron chi connectivity index (χ2n) is 9.08. The van der Waals surface area contributed by atoms with Crippen molar-refractivity contribution in [1.29, 1.82) is 5.26 Å². The lowest BCUT2D eigenvalue weighted by molar-refractivity contribution is -0.0800. The van der Waals surface area contributed by atoms with Gasteiger partial charge in [-0.3, -0.25) is 14.8 Å². The first-order valence-electron chi connectivity index (χ1n) is 11.9. The van der Waals surface area contributed by atoms with Gasteiger partial charge in [0.05, 0.1) is 37.4 Å². The summed E-state index contributed by atoms with van der Waals surface area (Å²) in [5, 5.41) is 18.8. The van der Waals surface area contributed by atoms with E-state index in [2.05, 4.69) is 21.5 Å². The van der Waals surface area contributed by atoms with Crippen molar-refractivity contribution in [2.24, 2.45) is 5.10 Å². The third-order valence-corrected chi connectivity index (χ3v) is 6.45. The Kier molecular flexibility index (Phi) is 6.65. The molecule has 2 aliphatic heterocycles. The Labute approximate surface area is 210 Å². The molecule has 1 saturated heterocycles. The van der Waals surface area contributed by atoms with Gasteiger partial charge in [0.25, 0.3) is 5.91 Å². The van der Waals surface area contributed by atoms with Crippen molar-refractivity contribution in [3.05, 3.63) is 83.2 Å². The standard InChI is InChI=1S/C28H27N5O3/c1-18-6-7-23(32-28(34)21-5-3-4-20(10-21)19(2)12-29)11-26(18)33-15-22(13-31-33)25-14-30-9-8-27(25)36-24-16-35-17-24/h3-11,13-14,19,22,24H,15-17H2,1-2H3,(H,32,34). The lowest BCUT2D eigenvalue weighted by Crippen LogP contribution is -2.38. The van der Waals surface area contributed by atoms with E-state index in [-0.39, 0.29) is 23.8 Å². The first-order chi connectivity index (χ1) is 17.5. The van der Waals surface area contributed by atoms with E-state index in [1.165, 1.54) is 0 Å². The highest BCUT2D eigenvalue weighted by molar-refractivity contribution is 6.04. The van der Waals surface area contributed by atoms with Gasteiger partial charge in [0.1, 0.15) is 11.9 Å². The third-order valence-electron chi connectivity index (χ3n) is 6.45. The molecule has 0 radical (unpaired) electrons. The SMILES string of the molecule is Cc1ccc(NC(=O)c2cccc(C(C)C#N)c2)cc1N1CC(c2cnccc2OC2COC2)C=N1. The Balaban J connectivity index is 1.31. The molecule has 2 atom stereocenters. The molecule has 1 aromatic heterocycles. The molecule has 2 unspecified atom stereocenters. The smallest absolute Gasteiger partial charge is 0.255 e. The number of anilines is 2. The molecule has 0 saturated carbocycles. The van der Waals surface area contributed by atoms with Crippen molar-refractivity contribution in [2.45, 2.75) is 31.8 Å². The molecule has 2 aromatic carbocycles. The lowest BCUT2D eigenvalue weighted by atomic mass is 10.00. The van der Waals surface area contributed by atoms with E-state index in [4.69, 9.17) is 9.47 Å². The summed E-state index contributed by atoms with van der Waals surface area (Å²) in [5.74, 6) is 0.327. The van der Waals surface area contributed by atoms with Gasteiger partial charge in [-0.2, -0.15) is 10.4 Å². The highest BCUT2D eigenvalue weighted by Gasteiger charge is 2.27. The lowest BCUT2D eigenvalue weighted by Gasteiger charge is -2.28. The molecule has 0 spiro atoms. The summed E-state index contributed by atoms with van der Waals surface area (Å²) in [6.45, 7) is 5.68. The predicted octanol–water partition coefficient (Wildman–Crippen LogP) is 4.64. The Morgan fingerprint density at radius 1 is 1.25 bits per heavy atom. The van der Waals surface area contributed by atoms with Crippen LogP contribution in [0.15, 0.2) is 66.0 Å². The van der Waals surface area contributed by atoms with E-state index in [0.29, 0.717) is 31.0 Å². The number of aromatic nitrogens is 1. The first kappa shape index (κ1) is 23.5. The predicted molar refractivity (Wildman–Crippen MR) is 138 cm³/mol. The summed E-state index contributed by atoms with van der Waals surface area (Å²) >= 11 is 0. The number of amides is 1. The van der Waals surface area contributed by atoms with Gasteiger partial charge < -0.3 is 14.8 Å². The van der Waals surface area contributed by atoms with Crippen LogP contribution in [0.4, 0.5) is 11.4 Å². The minimum absolute atomic E-state index is 0.0252. The fraction of sp³-hybridized carbons (Fsp3) is 0.286. The van der Waals surface area contributed by atoms with Crippen LogP contribution in [-0.2, 0) is 4.74 Å². The molecule has 36 heavy (non-hydrogen) atoms. The van der Waals surface area contributed by atoms with Crippen molar-refractivity contribution >= 4 is 23.5 Å². The van der Waals surface area contributed by atoms with Gasteiger partial charge in [0, 0.05) is 41.3 Å². The maximum atomic E-state index is 12.9. The number of rotatable bonds is 7. The number of benzene rings is 2. The number of pyridine rings is 1. The minimum Gasteiger partial charge on any atom is -0.485 e. The van der Waals surface area contributed by atoms with Crippen LogP contribution in [0.25, 0.3) is 0 Å². The number of carbonyl (C=O) groups excluding carboxylic acids is 1. The Bertz CT molecular complexity index is 1350. The van der Waals surface area contributed by atoms with Crippen LogP contribution in [0, 0.1) is 18.3 Å². The van der Waals surface area contributed by atoms with Crippen molar-refractivity contribution in [1.82, 2.24) is 4.98 Å². The molecule has 0 aliphatic carbocycles. The van der Waals surface area contributed by atoms with E-state index < -0.39 is 0 Å². The summed E-state index contributed by atoms with van der Waals surface area (Å²) in [6, 6.07) is 17.0. The monoisotopic (exact) mass is 481 g/mol. The molecule has 2 aliphatic rings. The molecule has 8 nitrogen and oxygen atoms in total. The number of hydrogen-bond donors (Lipinski definition) is 1. The van der Waals surface area contributed by atoms with E-state index in [1.807, 2.05) is 61.6 Å². The van der Waals surface area contributed by atoms with Crippen molar-refractivity contribution in [3.63, 3.8) is 0 Å². The highest BCUT2D eigenvalue weighted by atomic mass is 16.6. The van der Waals surface area contributed by atoms with E-state index in [9.17, 15) is 10.1 Å². The maximum Gasteiger partial charge on any atom is 0.255 e. The molecule has 1 N–H and O–H groups in total. The molecule has 182 valence electrons. The molecular weight excluding hydrogens is 454 g/mol. The van der Waals surface area contributed by atoms with Crippen LogP contribution in [0.5, 0.6) is 5.75 Å². The van der Waals surface area contributed by atoms with Gasteiger partial charge in [-0.25, -0.2) is 0 Å². The van der Waals surface area contributed by atoms with Gasteiger partial charge in [-0.15, -0.1) is 0 Å². The molecule has 1 amide bonds.